The summed E-state index contributed by atoms with van der Waals surface area (Å²) in [4.78, 5) is 15.8. The number of amides is 1. The Bertz CT molecular complexity index is 785. The minimum Gasteiger partial charge on any atom is -0.375 e. The molecule has 7 nitrogen and oxygen atoms in total. The molecule has 2 rings (SSSR count). The van der Waals surface area contributed by atoms with Gasteiger partial charge in [0.2, 0.25) is 10.0 Å². The molecule has 1 aromatic carbocycles. The van der Waals surface area contributed by atoms with E-state index in [2.05, 4.69) is 10.3 Å². The number of sulfonamides is 1. The summed E-state index contributed by atoms with van der Waals surface area (Å²) in [5, 5.41) is 4.94. The summed E-state index contributed by atoms with van der Waals surface area (Å²) in [7, 11) is -0.345. The molecule has 0 aliphatic carbocycles. The third kappa shape index (κ3) is 4.50. The number of nitrogens with zero attached hydrogens (tertiary/aromatic N) is 2. The summed E-state index contributed by atoms with van der Waals surface area (Å²) in [6.07, 6.45) is 1.15. The van der Waals surface area contributed by atoms with Crippen LogP contribution in [0.2, 0.25) is 0 Å². The minimum atomic E-state index is -3.29. The van der Waals surface area contributed by atoms with Gasteiger partial charge in [-0.2, -0.15) is 0 Å². The predicted octanol–water partition coefficient (Wildman–Crippen LogP) is 1.79. The first-order valence-electron chi connectivity index (χ1n) is 6.60. The molecule has 0 fully saturated rings. The van der Waals surface area contributed by atoms with Crippen molar-refractivity contribution in [1.29, 1.82) is 0 Å². The van der Waals surface area contributed by atoms with E-state index >= 15 is 0 Å². The number of nitrogens with one attached hydrogen (secondary N) is 1. The van der Waals surface area contributed by atoms with Gasteiger partial charge >= 0.3 is 0 Å². The largest absolute Gasteiger partial charge is 0.375 e. The van der Waals surface area contributed by atoms with Crippen LogP contribution in [-0.2, 0) is 19.6 Å². The monoisotopic (exact) mass is 355 g/mol. The van der Waals surface area contributed by atoms with Crippen molar-refractivity contribution in [3.63, 3.8) is 0 Å². The molecule has 1 amide bonds. The van der Waals surface area contributed by atoms with E-state index in [1.807, 2.05) is 5.38 Å². The summed E-state index contributed by atoms with van der Waals surface area (Å²) in [6.45, 7) is -0.0264. The Morgan fingerprint density at radius 2 is 2.00 bits per heavy atom. The predicted molar refractivity (Wildman–Crippen MR) is 91.3 cm³/mol. The third-order valence-corrected chi connectivity index (χ3v) is 5.01. The van der Waals surface area contributed by atoms with E-state index in [1.165, 1.54) is 29.8 Å². The van der Waals surface area contributed by atoms with Crippen molar-refractivity contribution in [3.8, 4) is 11.3 Å². The highest BCUT2D eigenvalue weighted by atomic mass is 32.2. The van der Waals surface area contributed by atoms with Crippen molar-refractivity contribution >= 4 is 38.1 Å². The number of hydrogen-bond acceptors (Lipinski definition) is 6. The van der Waals surface area contributed by atoms with Crippen molar-refractivity contribution < 1.29 is 17.9 Å². The van der Waals surface area contributed by atoms with Crippen LogP contribution in [0.4, 0.5) is 10.8 Å². The summed E-state index contributed by atoms with van der Waals surface area (Å²) < 4.78 is 29.0. The number of hydrogen-bond donors (Lipinski definition) is 1. The number of carbonyl (C=O) groups is 1. The molecule has 9 heteroatoms. The van der Waals surface area contributed by atoms with E-state index in [0.717, 1.165) is 11.8 Å². The fourth-order valence-electron chi connectivity index (χ4n) is 1.78. The number of methoxy groups -OCH3 is 1. The number of thiazole rings is 1. The Morgan fingerprint density at radius 1 is 1.35 bits per heavy atom. The number of ether oxygens (including phenoxy) is 1. The number of carbonyl (C=O) groups excluding carboxylic acids is 1. The van der Waals surface area contributed by atoms with Gasteiger partial charge in [0.1, 0.15) is 6.61 Å². The van der Waals surface area contributed by atoms with Crippen LogP contribution in [0.25, 0.3) is 11.3 Å². The molecule has 0 spiro atoms. The second-order valence-electron chi connectivity index (χ2n) is 4.80. The Kier molecular flexibility index (Phi) is 5.34. The summed E-state index contributed by atoms with van der Waals surface area (Å²) in [6, 6.07) is 6.98. The first-order valence-corrected chi connectivity index (χ1v) is 9.32. The topological polar surface area (TPSA) is 88.6 Å². The van der Waals surface area contributed by atoms with Gasteiger partial charge in [0.15, 0.2) is 5.13 Å². The molecule has 0 aliphatic heterocycles. The quantitative estimate of drug-likeness (QED) is 0.853. The highest BCUT2D eigenvalue weighted by Crippen LogP contribution is 2.27. The van der Waals surface area contributed by atoms with Crippen molar-refractivity contribution in [2.45, 2.75) is 0 Å². The zero-order valence-electron chi connectivity index (χ0n) is 12.9. The fourth-order valence-corrected chi connectivity index (χ4v) is 3.02. The lowest BCUT2D eigenvalue weighted by molar-refractivity contribution is -0.119. The summed E-state index contributed by atoms with van der Waals surface area (Å²) in [5.74, 6) is -0.265. The molecule has 1 aromatic heterocycles. The summed E-state index contributed by atoms with van der Waals surface area (Å²) >= 11 is 1.31. The van der Waals surface area contributed by atoms with E-state index < -0.39 is 10.0 Å². The van der Waals surface area contributed by atoms with E-state index in [4.69, 9.17) is 4.74 Å². The number of rotatable bonds is 6. The molecule has 23 heavy (non-hydrogen) atoms. The van der Waals surface area contributed by atoms with Crippen molar-refractivity contribution in [3.05, 3.63) is 29.6 Å². The van der Waals surface area contributed by atoms with Crippen LogP contribution in [-0.4, -0.2) is 46.3 Å². The number of aromatic nitrogens is 1. The first kappa shape index (κ1) is 17.4. The molecular weight excluding hydrogens is 338 g/mol. The average molecular weight is 355 g/mol. The highest BCUT2D eigenvalue weighted by Gasteiger charge is 2.12. The lowest BCUT2D eigenvalue weighted by atomic mass is 10.1. The Morgan fingerprint density at radius 3 is 2.57 bits per heavy atom. The van der Waals surface area contributed by atoms with Crippen LogP contribution >= 0.6 is 11.3 Å². The van der Waals surface area contributed by atoms with Gasteiger partial charge in [-0.05, 0) is 12.1 Å². The van der Waals surface area contributed by atoms with Gasteiger partial charge in [0.25, 0.3) is 5.91 Å². The third-order valence-electron chi connectivity index (χ3n) is 3.05. The number of anilines is 2. The molecule has 0 unspecified atom stereocenters. The van der Waals surface area contributed by atoms with Gasteiger partial charge in [-0.15, -0.1) is 11.3 Å². The van der Waals surface area contributed by atoms with Crippen LogP contribution in [0.3, 0.4) is 0 Å². The Hall–Kier alpha value is -1.97. The molecular formula is C14H17N3O4S2. The smallest absolute Gasteiger partial charge is 0.252 e. The molecule has 0 bridgehead atoms. The summed E-state index contributed by atoms with van der Waals surface area (Å²) in [5.41, 5.74) is 2.11. The highest BCUT2D eigenvalue weighted by molar-refractivity contribution is 7.92. The molecule has 0 atom stereocenters. The Labute approximate surface area is 139 Å². The van der Waals surface area contributed by atoms with Gasteiger partial charge in [-0.1, -0.05) is 12.1 Å². The molecule has 1 heterocycles. The molecule has 0 saturated carbocycles. The second kappa shape index (κ2) is 7.07. The molecule has 0 radical (unpaired) electrons. The van der Waals surface area contributed by atoms with Crippen molar-refractivity contribution in [2.75, 3.05) is 36.6 Å². The zero-order chi connectivity index (χ0) is 17.0. The fraction of sp³-hybridized carbons (Fsp3) is 0.286. The van der Waals surface area contributed by atoms with Crippen LogP contribution in [0.5, 0.6) is 0 Å². The lowest BCUT2D eigenvalue weighted by Crippen LogP contribution is -2.24. The SMILES string of the molecule is COCC(=O)Nc1nc(-c2ccc(N(C)S(C)(=O)=O)cc2)cs1. The molecule has 0 saturated heterocycles. The molecule has 1 N–H and O–H groups in total. The van der Waals surface area contributed by atoms with Gasteiger partial charge < -0.3 is 4.74 Å². The van der Waals surface area contributed by atoms with Crippen LogP contribution in [0, 0.1) is 0 Å². The number of benzene rings is 1. The van der Waals surface area contributed by atoms with Crippen molar-refractivity contribution in [1.82, 2.24) is 4.98 Å². The van der Waals surface area contributed by atoms with E-state index in [-0.39, 0.29) is 12.5 Å². The minimum absolute atomic E-state index is 0.0264. The maximum atomic E-state index is 11.5. The van der Waals surface area contributed by atoms with Gasteiger partial charge in [-0.25, -0.2) is 13.4 Å². The molecule has 0 aliphatic rings. The van der Waals surface area contributed by atoms with Gasteiger partial charge in [-0.3, -0.25) is 14.4 Å². The van der Waals surface area contributed by atoms with E-state index in [1.54, 1.807) is 24.3 Å². The van der Waals surface area contributed by atoms with E-state index in [9.17, 15) is 13.2 Å². The van der Waals surface area contributed by atoms with Crippen LogP contribution < -0.4 is 9.62 Å². The standard InChI is InChI=1S/C14H17N3O4S2/c1-17(23(3,19)20)11-6-4-10(5-7-11)12-9-22-14(15-12)16-13(18)8-21-2/h4-7,9H,8H2,1-3H3,(H,15,16,18). The van der Waals surface area contributed by atoms with Crippen molar-refractivity contribution in [2.24, 2.45) is 0 Å². The van der Waals surface area contributed by atoms with E-state index in [0.29, 0.717) is 16.5 Å². The van der Waals surface area contributed by atoms with Gasteiger partial charge in [0, 0.05) is 25.1 Å². The average Bonchev–Trinajstić information content (AvgIpc) is 2.94. The second-order valence-corrected chi connectivity index (χ2v) is 7.67. The Balaban J connectivity index is 2.14. The van der Waals surface area contributed by atoms with Crippen LogP contribution in [0.1, 0.15) is 0 Å². The normalized spacial score (nSPS) is 11.3. The molecule has 124 valence electrons. The maximum absolute atomic E-state index is 11.5. The molecule has 2 aromatic rings. The van der Waals surface area contributed by atoms with Crippen LogP contribution in [0.15, 0.2) is 29.6 Å². The van der Waals surface area contributed by atoms with Gasteiger partial charge in [0.05, 0.1) is 17.6 Å². The first-order chi connectivity index (χ1) is 10.8. The zero-order valence-corrected chi connectivity index (χ0v) is 14.6. The lowest BCUT2D eigenvalue weighted by Gasteiger charge is -2.16. The maximum Gasteiger partial charge on any atom is 0.252 e.